The van der Waals surface area contributed by atoms with Crippen molar-refractivity contribution in [2.24, 2.45) is 0 Å². The number of halogens is 1. The van der Waals surface area contributed by atoms with Gasteiger partial charge < -0.3 is 0 Å². The Balaban J connectivity index is 1.39. The van der Waals surface area contributed by atoms with E-state index in [-0.39, 0.29) is 0 Å². The fraction of sp³-hybridized carbons (Fsp3) is 0.609. The van der Waals surface area contributed by atoms with Crippen molar-refractivity contribution in [3.05, 3.63) is 101 Å². The second kappa shape index (κ2) is 26.0. The topological polar surface area (TPSA) is 0 Å². The van der Waals surface area contributed by atoms with Crippen LogP contribution >= 0.6 is 11.1 Å². The summed E-state index contributed by atoms with van der Waals surface area (Å²) in [6.45, 7) is 4.60. The highest BCUT2D eigenvalue weighted by Crippen LogP contribution is 2.24. The van der Waals surface area contributed by atoms with Gasteiger partial charge in [-0.05, 0) is 65.2 Å². The molecule has 3 aromatic rings. The van der Waals surface area contributed by atoms with E-state index >= 15 is 0 Å². The maximum atomic E-state index is 7.72. The monoisotopic (exact) mass is 687 g/mol. The van der Waals surface area contributed by atoms with Crippen LogP contribution in [0.5, 0.6) is 0 Å². The van der Waals surface area contributed by atoms with E-state index in [1.807, 2.05) is 0 Å². The van der Waals surface area contributed by atoms with Crippen molar-refractivity contribution in [3.63, 3.8) is 0 Å². The molecule has 0 N–H and O–H groups in total. The molecule has 0 atom stereocenters. The highest BCUT2D eigenvalue weighted by molar-refractivity contribution is 7.26. The maximum Gasteiger partial charge on any atom is 0.195 e. The molecule has 266 valence electrons. The van der Waals surface area contributed by atoms with Crippen molar-refractivity contribution in [2.45, 2.75) is 180 Å². The van der Waals surface area contributed by atoms with Crippen LogP contribution in [0.3, 0.4) is 0 Å². The van der Waals surface area contributed by atoms with E-state index in [1.165, 1.54) is 182 Å². The van der Waals surface area contributed by atoms with Crippen LogP contribution in [0.25, 0.3) is 0 Å². The number of hydrogen-bond donors (Lipinski definition) is 0. The summed E-state index contributed by atoms with van der Waals surface area (Å²) < 4.78 is 0. The highest BCUT2D eigenvalue weighted by atomic mass is 35.6. The Kier molecular flexibility index (Phi) is 22.0. The minimum atomic E-state index is -2.28. The van der Waals surface area contributed by atoms with Gasteiger partial charge in [0, 0.05) is 0 Å². The molecular formula is C46H71ClSi. The van der Waals surface area contributed by atoms with Crippen LogP contribution in [0.2, 0.25) is 0 Å². The van der Waals surface area contributed by atoms with Crippen molar-refractivity contribution >= 4 is 23.6 Å². The average Bonchev–Trinajstić information content (AvgIpc) is 3.11. The fourth-order valence-corrected chi connectivity index (χ4v) is 11.7. The molecular weight excluding hydrogens is 616 g/mol. The predicted molar refractivity (Wildman–Crippen MR) is 218 cm³/mol. The standard InChI is InChI=1S/C46H71ClSi/c1-3-5-7-9-11-13-15-17-19-21-24-28-42-32-36-44(37-33-42)40-48(47,46-30-26-23-27-31-46)41-45-38-34-43(35-39-45)29-25-22-20-18-16-14-12-10-8-6-4-2/h23,26-27,30-39H,3-22,24-25,28-29,40-41H2,1-2H3. The van der Waals surface area contributed by atoms with Gasteiger partial charge in [-0.2, -0.15) is 11.1 Å². The van der Waals surface area contributed by atoms with Crippen LogP contribution in [0, 0.1) is 0 Å². The van der Waals surface area contributed by atoms with Crippen molar-refractivity contribution in [3.8, 4) is 0 Å². The minimum Gasteiger partial charge on any atom is -0.160 e. The van der Waals surface area contributed by atoms with Gasteiger partial charge in [-0.25, -0.2) is 0 Å². The summed E-state index contributed by atoms with van der Waals surface area (Å²) >= 11 is 7.72. The summed E-state index contributed by atoms with van der Waals surface area (Å²) in [5.41, 5.74) is 5.72. The van der Waals surface area contributed by atoms with Gasteiger partial charge in [-0.15, -0.1) is 0 Å². The predicted octanol–water partition coefficient (Wildman–Crippen LogP) is 14.3. The van der Waals surface area contributed by atoms with Crippen LogP contribution in [0.15, 0.2) is 78.9 Å². The lowest BCUT2D eigenvalue weighted by molar-refractivity contribution is 0.549. The van der Waals surface area contributed by atoms with Crippen LogP contribution in [0.1, 0.15) is 177 Å². The smallest absolute Gasteiger partial charge is 0.160 e. The Labute approximate surface area is 303 Å². The normalized spacial score (nSPS) is 11.7. The third kappa shape index (κ3) is 17.7. The molecule has 0 heterocycles. The van der Waals surface area contributed by atoms with Crippen LogP contribution in [-0.4, -0.2) is 7.38 Å². The molecule has 48 heavy (non-hydrogen) atoms. The van der Waals surface area contributed by atoms with Crippen LogP contribution in [0.4, 0.5) is 0 Å². The van der Waals surface area contributed by atoms with Crippen molar-refractivity contribution in [1.29, 1.82) is 0 Å². The van der Waals surface area contributed by atoms with Gasteiger partial charge in [-0.3, -0.25) is 0 Å². The number of rotatable bonds is 29. The lowest BCUT2D eigenvalue weighted by Crippen LogP contribution is -2.47. The second-order valence-electron chi connectivity index (χ2n) is 14.9. The number of aryl methyl sites for hydroxylation is 2. The SMILES string of the molecule is CCCCCCCCCCCCCc1ccc(C[Si](Cl)(Cc2ccc(CCCCCCCCCCCCC)cc2)c2ccccc2)cc1. The summed E-state index contributed by atoms with van der Waals surface area (Å²) in [5, 5.41) is 1.35. The average molecular weight is 688 g/mol. The molecule has 2 heteroatoms. The molecule has 0 fully saturated rings. The first-order valence-corrected chi connectivity index (χ1v) is 24.0. The first kappa shape index (κ1) is 40.6. The molecule has 0 spiro atoms. The molecule has 0 radical (unpaired) electrons. The number of hydrogen-bond acceptors (Lipinski definition) is 0. The summed E-state index contributed by atoms with van der Waals surface area (Å²) in [4.78, 5) is 0. The van der Waals surface area contributed by atoms with Gasteiger partial charge >= 0.3 is 0 Å². The molecule has 0 unspecified atom stereocenters. The van der Waals surface area contributed by atoms with Gasteiger partial charge in [0.1, 0.15) is 0 Å². The Morgan fingerprint density at radius 3 is 0.979 bits per heavy atom. The molecule has 0 aliphatic carbocycles. The highest BCUT2D eigenvalue weighted by Gasteiger charge is 2.33. The largest absolute Gasteiger partial charge is 0.195 e. The first-order valence-electron chi connectivity index (χ1n) is 20.5. The molecule has 0 amide bonds. The number of unbranched alkanes of at least 4 members (excludes halogenated alkanes) is 20. The molecule has 0 aliphatic heterocycles. The first-order chi connectivity index (χ1) is 23.6. The molecule has 3 aromatic carbocycles. The zero-order chi connectivity index (χ0) is 34.0. The van der Waals surface area contributed by atoms with E-state index in [9.17, 15) is 0 Å². The Morgan fingerprint density at radius 1 is 0.354 bits per heavy atom. The molecule has 0 saturated heterocycles. The Hall–Kier alpha value is -1.83. The molecule has 0 bridgehead atoms. The summed E-state index contributed by atoms with van der Waals surface area (Å²) in [5.74, 6) is 0. The molecule has 3 rings (SSSR count). The van der Waals surface area contributed by atoms with Crippen LogP contribution in [-0.2, 0) is 24.9 Å². The maximum absolute atomic E-state index is 7.72. The van der Waals surface area contributed by atoms with Gasteiger partial charge in [-0.1, -0.05) is 221 Å². The van der Waals surface area contributed by atoms with Gasteiger partial charge in [0.2, 0.25) is 0 Å². The van der Waals surface area contributed by atoms with E-state index < -0.39 is 7.38 Å². The fourth-order valence-electron chi connectivity index (χ4n) is 7.28. The zero-order valence-corrected chi connectivity index (χ0v) is 33.0. The zero-order valence-electron chi connectivity index (χ0n) is 31.3. The molecule has 0 aliphatic rings. The summed E-state index contributed by atoms with van der Waals surface area (Å²) in [6.07, 6.45) is 33.2. The minimum absolute atomic E-state index is 0.970. The van der Waals surface area contributed by atoms with Crippen molar-refractivity contribution < 1.29 is 0 Å². The second-order valence-corrected chi connectivity index (χ2v) is 20.3. The van der Waals surface area contributed by atoms with E-state index in [0.717, 1.165) is 12.1 Å². The lowest BCUT2D eigenvalue weighted by Gasteiger charge is -2.26. The van der Waals surface area contributed by atoms with E-state index in [0.29, 0.717) is 0 Å². The molecule has 0 saturated carbocycles. The Morgan fingerprint density at radius 2 is 0.646 bits per heavy atom. The molecule has 0 aromatic heterocycles. The molecule has 0 nitrogen and oxygen atoms in total. The van der Waals surface area contributed by atoms with Gasteiger partial charge in [0.05, 0.1) is 0 Å². The number of benzene rings is 3. The van der Waals surface area contributed by atoms with E-state index in [4.69, 9.17) is 11.1 Å². The van der Waals surface area contributed by atoms with E-state index in [2.05, 4.69) is 92.7 Å². The van der Waals surface area contributed by atoms with Crippen molar-refractivity contribution in [1.82, 2.24) is 0 Å². The quantitative estimate of drug-likeness (QED) is 0.0387. The van der Waals surface area contributed by atoms with Crippen LogP contribution < -0.4 is 5.19 Å². The van der Waals surface area contributed by atoms with Crippen molar-refractivity contribution in [2.75, 3.05) is 0 Å². The van der Waals surface area contributed by atoms with Gasteiger partial charge in [0.25, 0.3) is 0 Å². The third-order valence-corrected chi connectivity index (χ3v) is 15.2. The lowest BCUT2D eigenvalue weighted by atomic mass is 10.0. The Bertz CT molecular complexity index is 1080. The summed E-state index contributed by atoms with van der Waals surface area (Å²) in [6, 6.07) is 31.8. The van der Waals surface area contributed by atoms with Gasteiger partial charge in [0.15, 0.2) is 7.38 Å². The summed E-state index contributed by atoms with van der Waals surface area (Å²) in [7, 11) is -2.28. The van der Waals surface area contributed by atoms with E-state index in [1.54, 1.807) is 0 Å². The third-order valence-electron chi connectivity index (χ3n) is 10.4.